The van der Waals surface area contributed by atoms with Crippen LogP contribution in [0.3, 0.4) is 0 Å². The zero-order valence-electron chi connectivity index (χ0n) is 12.5. The number of rotatable bonds is 3. The predicted octanol–water partition coefficient (Wildman–Crippen LogP) is 5.41. The highest BCUT2D eigenvalue weighted by Crippen LogP contribution is 2.43. The zero-order chi connectivity index (χ0) is 18.1. The summed E-state index contributed by atoms with van der Waals surface area (Å²) in [6.45, 7) is 0. The largest absolute Gasteiger partial charge is 0.497 e. The minimum Gasteiger partial charge on any atom is -0.497 e. The molecule has 0 bridgehead atoms. The predicted molar refractivity (Wildman–Crippen MR) is 75.0 cm³/mol. The molecule has 0 aliphatic rings. The number of alkyl halides is 6. The molecule has 0 N–H and O–H groups in total. The van der Waals surface area contributed by atoms with Crippen molar-refractivity contribution in [3.8, 4) is 22.6 Å². The summed E-state index contributed by atoms with van der Waals surface area (Å²) >= 11 is 0. The van der Waals surface area contributed by atoms with Gasteiger partial charge in [0.15, 0.2) is 0 Å². The molecule has 2 aromatic rings. The van der Waals surface area contributed by atoms with Gasteiger partial charge in [0.05, 0.1) is 25.3 Å². The minimum atomic E-state index is -4.82. The Balaban J connectivity index is 2.75. The Hall–Kier alpha value is -2.38. The molecule has 0 aliphatic carbocycles. The fourth-order valence-electron chi connectivity index (χ4n) is 2.21. The Morgan fingerprint density at radius 2 is 1.38 bits per heavy atom. The lowest BCUT2D eigenvalue weighted by Gasteiger charge is -2.18. The maximum atomic E-state index is 13.2. The van der Waals surface area contributed by atoms with Crippen LogP contribution in [-0.2, 0) is 12.4 Å². The molecule has 2 nitrogen and oxygen atoms in total. The van der Waals surface area contributed by atoms with E-state index in [1.165, 1.54) is 32.4 Å². The number of hydrogen-bond acceptors (Lipinski definition) is 2. The van der Waals surface area contributed by atoms with E-state index < -0.39 is 29.0 Å². The number of methoxy groups -OCH3 is 2. The first kappa shape index (κ1) is 18.0. The molecule has 0 saturated heterocycles. The van der Waals surface area contributed by atoms with E-state index in [0.717, 1.165) is 0 Å². The number of ether oxygens (including phenoxy) is 2. The summed E-state index contributed by atoms with van der Waals surface area (Å²) in [5, 5.41) is 0. The van der Waals surface area contributed by atoms with Crippen molar-refractivity contribution >= 4 is 0 Å². The van der Waals surface area contributed by atoms with Crippen molar-refractivity contribution < 1.29 is 35.8 Å². The molecule has 2 rings (SSSR count). The molecule has 0 atom stereocenters. The highest BCUT2D eigenvalue weighted by atomic mass is 19.4. The van der Waals surface area contributed by atoms with E-state index in [-0.39, 0.29) is 11.3 Å². The van der Waals surface area contributed by atoms with Crippen molar-refractivity contribution in [1.29, 1.82) is 0 Å². The normalized spacial score (nSPS) is 12.2. The van der Waals surface area contributed by atoms with Gasteiger partial charge in [-0.15, -0.1) is 0 Å². The molecular weight excluding hydrogens is 338 g/mol. The van der Waals surface area contributed by atoms with E-state index in [1.807, 2.05) is 0 Å². The Bertz CT molecular complexity index is 734. The summed E-state index contributed by atoms with van der Waals surface area (Å²) in [7, 11) is 2.55. The standard InChI is InChI=1S/C16H12F6O2/c1-23-10-4-5-11(14(8-10)24-2)12-7-9(15(17,18)19)3-6-13(12)16(20,21)22/h3-8H,1-2H3. The van der Waals surface area contributed by atoms with Crippen molar-refractivity contribution in [2.24, 2.45) is 0 Å². The topological polar surface area (TPSA) is 18.5 Å². The van der Waals surface area contributed by atoms with Crippen LogP contribution in [0.25, 0.3) is 11.1 Å². The monoisotopic (exact) mass is 350 g/mol. The van der Waals surface area contributed by atoms with Gasteiger partial charge in [-0.25, -0.2) is 0 Å². The molecule has 24 heavy (non-hydrogen) atoms. The summed E-state index contributed by atoms with van der Waals surface area (Å²) < 4.78 is 88.2. The van der Waals surface area contributed by atoms with Crippen molar-refractivity contribution in [2.45, 2.75) is 12.4 Å². The third kappa shape index (κ3) is 3.58. The third-order valence-electron chi connectivity index (χ3n) is 3.35. The van der Waals surface area contributed by atoms with Crippen LogP contribution in [0, 0.1) is 0 Å². The van der Waals surface area contributed by atoms with Crippen LogP contribution in [0.4, 0.5) is 26.3 Å². The fourth-order valence-corrected chi connectivity index (χ4v) is 2.21. The van der Waals surface area contributed by atoms with Crippen molar-refractivity contribution in [3.05, 3.63) is 47.5 Å². The lowest BCUT2D eigenvalue weighted by atomic mass is 9.95. The Morgan fingerprint density at radius 3 is 1.88 bits per heavy atom. The van der Waals surface area contributed by atoms with Crippen molar-refractivity contribution in [3.63, 3.8) is 0 Å². The molecule has 0 unspecified atom stereocenters. The summed E-state index contributed by atoms with van der Waals surface area (Å²) in [5.41, 5.74) is -3.09. The Morgan fingerprint density at radius 1 is 0.708 bits per heavy atom. The zero-order valence-corrected chi connectivity index (χ0v) is 12.5. The van der Waals surface area contributed by atoms with E-state index in [9.17, 15) is 26.3 Å². The molecule has 0 radical (unpaired) electrons. The van der Waals surface area contributed by atoms with Crippen LogP contribution in [0.15, 0.2) is 36.4 Å². The number of halogens is 6. The molecule has 130 valence electrons. The van der Waals surface area contributed by atoms with Gasteiger partial charge in [-0.1, -0.05) is 0 Å². The van der Waals surface area contributed by atoms with Gasteiger partial charge < -0.3 is 9.47 Å². The van der Waals surface area contributed by atoms with E-state index >= 15 is 0 Å². The second-order valence-electron chi connectivity index (χ2n) is 4.82. The maximum absolute atomic E-state index is 13.2. The smallest absolute Gasteiger partial charge is 0.417 e. The molecule has 0 amide bonds. The van der Waals surface area contributed by atoms with Crippen molar-refractivity contribution in [1.82, 2.24) is 0 Å². The van der Waals surface area contributed by atoms with Gasteiger partial charge in [0.2, 0.25) is 0 Å². The van der Waals surface area contributed by atoms with Gasteiger partial charge in [0.1, 0.15) is 11.5 Å². The van der Waals surface area contributed by atoms with E-state index in [4.69, 9.17) is 9.47 Å². The number of benzene rings is 2. The van der Waals surface area contributed by atoms with Gasteiger partial charge in [0.25, 0.3) is 0 Å². The quantitative estimate of drug-likeness (QED) is 0.689. The van der Waals surface area contributed by atoms with Gasteiger partial charge in [-0.05, 0) is 35.9 Å². The SMILES string of the molecule is COc1ccc(-c2cc(C(F)(F)F)ccc2C(F)(F)F)c(OC)c1. The van der Waals surface area contributed by atoms with Crippen LogP contribution >= 0.6 is 0 Å². The van der Waals surface area contributed by atoms with Crippen LogP contribution in [0.5, 0.6) is 11.5 Å². The molecule has 0 heterocycles. The van der Waals surface area contributed by atoms with E-state index in [0.29, 0.717) is 23.9 Å². The van der Waals surface area contributed by atoms with Gasteiger partial charge in [0, 0.05) is 11.6 Å². The van der Waals surface area contributed by atoms with Gasteiger partial charge in [-0.2, -0.15) is 26.3 Å². The molecule has 0 saturated carbocycles. The van der Waals surface area contributed by atoms with Crippen molar-refractivity contribution in [2.75, 3.05) is 14.2 Å². The Kier molecular flexibility index (Phi) is 4.68. The first-order valence-corrected chi connectivity index (χ1v) is 6.58. The van der Waals surface area contributed by atoms with E-state index in [2.05, 4.69) is 0 Å². The molecule has 0 spiro atoms. The molecular formula is C16H12F6O2. The van der Waals surface area contributed by atoms with Gasteiger partial charge >= 0.3 is 12.4 Å². The highest BCUT2D eigenvalue weighted by Gasteiger charge is 2.37. The molecule has 2 aromatic carbocycles. The average molecular weight is 350 g/mol. The van der Waals surface area contributed by atoms with E-state index in [1.54, 1.807) is 0 Å². The minimum absolute atomic E-state index is 0.0285. The Labute approximate surface area is 133 Å². The van der Waals surface area contributed by atoms with Crippen LogP contribution in [0.1, 0.15) is 11.1 Å². The second-order valence-corrected chi connectivity index (χ2v) is 4.82. The summed E-state index contributed by atoms with van der Waals surface area (Å²) in [4.78, 5) is 0. The average Bonchev–Trinajstić information content (AvgIpc) is 2.51. The first-order valence-electron chi connectivity index (χ1n) is 6.58. The molecule has 0 aromatic heterocycles. The van der Waals surface area contributed by atoms with Crippen LogP contribution in [-0.4, -0.2) is 14.2 Å². The second kappa shape index (κ2) is 6.26. The van der Waals surface area contributed by atoms with Crippen LogP contribution in [0.2, 0.25) is 0 Å². The summed E-state index contributed by atoms with van der Waals surface area (Å²) in [6.07, 6.45) is -9.58. The first-order chi connectivity index (χ1) is 11.1. The molecule has 8 heteroatoms. The van der Waals surface area contributed by atoms with Crippen LogP contribution < -0.4 is 9.47 Å². The third-order valence-corrected chi connectivity index (χ3v) is 3.35. The fraction of sp³-hybridized carbons (Fsp3) is 0.250. The summed E-state index contributed by atoms with van der Waals surface area (Å²) in [5.74, 6) is 0.273. The number of hydrogen-bond donors (Lipinski definition) is 0. The lowest BCUT2D eigenvalue weighted by molar-refractivity contribution is -0.141. The molecule has 0 fully saturated rings. The van der Waals surface area contributed by atoms with Gasteiger partial charge in [-0.3, -0.25) is 0 Å². The highest BCUT2D eigenvalue weighted by molar-refractivity contribution is 5.75. The lowest BCUT2D eigenvalue weighted by Crippen LogP contribution is -2.11. The maximum Gasteiger partial charge on any atom is 0.417 e. The molecule has 0 aliphatic heterocycles. The summed E-state index contributed by atoms with van der Waals surface area (Å²) in [6, 6.07) is 5.16.